The predicted molar refractivity (Wildman–Crippen MR) is 65.7 cm³/mol. The summed E-state index contributed by atoms with van der Waals surface area (Å²) in [5, 5.41) is 0. The first-order valence-corrected chi connectivity index (χ1v) is 5.68. The van der Waals surface area contributed by atoms with E-state index in [0.717, 1.165) is 6.33 Å². The van der Waals surface area contributed by atoms with Gasteiger partial charge in [-0.15, -0.1) is 0 Å². The van der Waals surface area contributed by atoms with E-state index >= 15 is 0 Å². The number of ether oxygens (including phenoxy) is 1. The predicted octanol–water partition coefficient (Wildman–Crippen LogP) is 2.39. The summed E-state index contributed by atoms with van der Waals surface area (Å²) in [6.07, 6.45) is -4.05. The van der Waals surface area contributed by atoms with Crippen molar-refractivity contribution in [3.05, 3.63) is 57.8 Å². The Balaban J connectivity index is 2.40. The third kappa shape index (κ3) is 2.98. The number of halogens is 3. The normalized spacial score (nSPS) is 11.4. The molecule has 0 bridgehead atoms. The second-order valence-corrected chi connectivity index (χ2v) is 4.08. The Hall–Kier alpha value is -2.31. The molecule has 2 rings (SSSR count). The first-order chi connectivity index (χ1) is 9.41. The van der Waals surface area contributed by atoms with Gasteiger partial charge < -0.3 is 9.72 Å². The number of aromatic amines is 1. The number of H-pyrrole nitrogens is 1. The van der Waals surface area contributed by atoms with E-state index < -0.39 is 23.0 Å². The molecule has 1 aromatic heterocycles. The van der Waals surface area contributed by atoms with Gasteiger partial charge in [-0.1, -0.05) is 12.1 Å². The number of rotatable bonds is 3. The third-order valence-corrected chi connectivity index (χ3v) is 2.76. The van der Waals surface area contributed by atoms with Gasteiger partial charge in [0, 0.05) is 6.42 Å². The first-order valence-electron chi connectivity index (χ1n) is 5.68. The second-order valence-electron chi connectivity index (χ2n) is 4.08. The van der Waals surface area contributed by atoms with Crippen LogP contribution < -0.4 is 10.3 Å². The highest BCUT2D eigenvalue weighted by molar-refractivity contribution is 5.32. The van der Waals surface area contributed by atoms with Crippen LogP contribution in [0.5, 0.6) is 5.75 Å². The quantitative estimate of drug-likeness (QED) is 0.941. The summed E-state index contributed by atoms with van der Waals surface area (Å²) in [5.74, 6) is 0.588. The van der Waals surface area contributed by atoms with Gasteiger partial charge in [-0.25, -0.2) is 4.98 Å². The molecule has 0 radical (unpaired) electrons. The van der Waals surface area contributed by atoms with Crippen molar-refractivity contribution in [1.29, 1.82) is 0 Å². The fraction of sp³-hybridized carbons (Fsp3) is 0.231. The summed E-state index contributed by atoms with van der Waals surface area (Å²) < 4.78 is 43.4. The lowest BCUT2D eigenvalue weighted by molar-refractivity contribution is -0.141. The largest absolute Gasteiger partial charge is 0.497 e. The Bertz CT molecular complexity index is 648. The maximum atomic E-state index is 12.8. The number of methoxy groups -OCH3 is 1. The molecule has 0 amide bonds. The van der Waals surface area contributed by atoms with E-state index in [4.69, 9.17) is 4.74 Å². The van der Waals surface area contributed by atoms with Crippen LogP contribution in [0, 0.1) is 0 Å². The molecule has 106 valence electrons. The zero-order valence-corrected chi connectivity index (χ0v) is 10.5. The number of alkyl halides is 3. The topological polar surface area (TPSA) is 55.0 Å². The first kappa shape index (κ1) is 14.1. The highest BCUT2D eigenvalue weighted by Crippen LogP contribution is 2.29. The van der Waals surface area contributed by atoms with Gasteiger partial charge >= 0.3 is 6.18 Å². The Morgan fingerprint density at radius 2 is 1.90 bits per heavy atom. The Kier molecular flexibility index (Phi) is 3.78. The minimum Gasteiger partial charge on any atom is -0.497 e. The summed E-state index contributed by atoms with van der Waals surface area (Å²) in [5.41, 5.74) is -1.78. The molecule has 0 saturated heterocycles. The van der Waals surface area contributed by atoms with Gasteiger partial charge in [0.15, 0.2) is 5.69 Å². The molecule has 2 aromatic rings. The van der Waals surface area contributed by atoms with E-state index in [1.54, 1.807) is 24.3 Å². The molecule has 1 aromatic carbocycles. The van der Waals surface area contributed by atoms with E-state index in [9.17, 15) is 18.0 Å². The molecule has 0 atom stereocenters. The van der Waals surface area contributed by atoms with Gasteiger partial charge in [-0.2, -0.15) is 13.2 Å². The molecule has 1 N–H and O–H groups in total. The lowest BCUT2D eigenvalue weighted by Crippen LogP contribution is -2.22. The number of nitrogens with one attached hydrogen (secondary N) is 1. The molecule has 20 heavy (non-hydrogen) atoms. The summed E-state index contributed by atoms with van der Waals surface area (Å²) in [7, 11) is 1.49. The highest BCUT2D eigenvalue weighted by atomic mass is 19.4. The number of aromatic nitrogens is 2. The van der Waals surface area contributed by atoms with Crippen molar-refractivity contribution < 1.29 is 17.9 Å². The van der Waals surface area contributed by atoms with Crippen molar-refractivity contribution >= 4 is 0 Å². The molecular formula is C13H11F3N2O2. The second kappa shape index (κ2) is 5.36. The minimum absolute atomic E-state index is 0.151. The van der Waals surface area contributed by atoms with E-state index in [1.807, 2.05) is 0 Å². The van der Waals surface area contributed by atoms with Crippen LogP contribution in [0.15, 0.2) is 35.4 Å². The van der Waals surface area contributed by atoms with Crippen LogP contribution in [0.2, 0.25) is 0 Å². The zero-order chi connectivity index (χ0) is 14.8. The number of hydrogen-bond donors (Lipinski definition) is 1. The van der Waals surface area contributed by atoms with Crippen molar-refractivity contribution in [2.24, 2.45) is 0 Å². The number of nitrogens with zero attached hydrogens (tertiary/aromatic N) is 1. The van der Waals surface area contributed by atoms with Crippen LogP contribution in [0.4, 0.5) is 13.2 Å². The van der Waals surface area contributed by atoms with Crippen molar-refractivity contribution in [3.8, 4) is 5.75 Å². The molecular weight excluding hydrogens is 273 g/mol. The van der Waals surface area contributed by atoms with Crippen molar-refractivity contribution in [1.82, 2.24) is 9.97 Å². The van der Waals surface area contributed by atoms with Crippen LogP contribution in [0.3, 0.4) is 0 Å². The van der Waals surface area contributed by atoms with Crippen LogP contribution in [0.1, 0.15) is 16.8 Å². The van der Waals surface area contributed by atoms with Crippen LogP contribution in [-0.4, -0.2) is 17.1 Å². The maximum absolute atomic E-state index is 12.8. The number of benzene rings is 1. The lowest BCUT2D eigenvalue weighted by Gasteiger charge is -2.10. The molecule has 0 unspecified atom stereocenters. The van der Waals surface area contributed by atoms with Crippen LogP contribution in [-0.2, 0) is 12.6 Å². The van der Waals surface area contributed by atoms with Gasteiger partial charge in [-0.3, -0.25) is 4.79 Å². The average molecular weight is 284 g/mol. The standard InChI is InChI=1S/C13H11F3N2O2/c1-20-9-4-2-8(3-5-9)6-10-11(13(14,15)16)17-7-18-12(10)19/h2-5,7H,6H2,1H3,(H,17,18,19). The summed E-state index contributed by atoms with van der Waals surface area (Å²) in [4.78, 5) is 17.0. The molecule has 0 spiro atoms. The summed E-state index contributed by atoms with van der Waals surface area (Å²) in [6.45, 7) is 0. The molecule has 0 fully saturated rings. The Morgan fingerprint density at radius 3 is 2.45 bits per heavy atom. The Labute approximate surface area is 112 Å². The lowest BCUT2D eigenvalue weighted by atomic mass is 10.0. The smallest absolute Gasteiger partial charge is 0.433 e. The van der Waals surface area contributed by atoms with Crippen molar-refractivity contribution in [2.45, 2.75) is 12.6 Å². The van der Waals surface area contributed by atoms with Gasteiger partial charge in [0.2, 0.25) is 0 Å². The maximum Gasteiger partial charge on any atom is 0.433 e. The fourth-order valence-electron chi connectivity index (χ4n) is 1.78. The van der Waals surface area contributed by atoms with Gasteiger partial charge in [0.25, 0.3) is 5.56 Å². The van der Waals surface area contributed by atoms with Crippen LogP contribution in [0.25, 0.3) is 0 Å². The van der Waals surface area contributed by atoms with Gasteiger partial charge in [-0.05, 0) is 17.7 Å². The molecule has 0 aliphatic rings. The monoisotopic (exact) mass is 284 g/mol. The van der Waals surface area contributed by atoms with Crippen molar-refractivity contribution in [2.75, 3.05) is 7.11 Å². The molecule has 7 heteroatoms. The van der Waals surface area contributed by atoms with Crippen LogP contribution >= 0.6 is 0 Å². The molecule has 4 nitrogen and oxygen atoms in total. The zero-order valence-electron chi connectivity index (χ0n) is 10.5. The number of hydrogen-bond acceptors (Lipinski definition) is 3. The van der Waals surface area contributed by atoms with Gasteiger partial charge in [0.05, 0.1) is 19.0 Å². The Morgan fingerprint density at radius 1 is 1.25 bits per heavy atom. The van der Waals surface area contributed by atoms with Gasteiger partial charge in [0.1, 0.15) is 5.75 Å². The van der Waals surface area contributed by atoms with E-state index in [-0.39, 0.29) is 6.42 Å². The SMILES string of the molecule is COc1ccc(Cc2c(C(F)(F)F)nc[nH]c2=O)cc1. The van der Waals surface area contributed by atoms with E-state index in [1.165, 1.54) is 7.11 Å². The highest BCUT2D eigenvalue weighted by Gasteiger charge is 2.36. The molecule has 1 heterocycles. The molecule has 0 aliphatic heterocycles. The fourth-order valence-corrected chi connectivity index (χ4v) is 1.78. The molecule has 0 aliphatic carbocycles. The van der Waals surface area contributed by atoms with Crippen molar-refractivity contribution in [3.63, 3.8) is 0 Å². The summed E-state index contributed by atoms with van der Waals surface area (Å²) >= 11 is 0. The third-order valence-electron chi connectivity index (χ3n) is 2.76. The molecule has 0 saturated carbocycles. The average Bonchev–Trinajstić information content (AvgIpc) is 2.40. The van der Waals surface area contributed by atoms with E-state index in [0.29, 0.717) is 11.3 Å². The summed E-state index contributed by atoms with van der Waals surface area (Å²) in [6, 6.07) is 6.44. The van der Waals surface area contributed by atoms with E-state index in [2.05, 4.69) is 9.97 Å². The minimum atomic E-state index is -4.66.